The maximum absolute atomic E-state index is 11.7. The van der Waals surface area contributed by atoms with Gasteiger partial charge in [-0.05, 0) is 49.9 Å². The number of hydrogen-bond donors (Lipinski definition) is 0. The number of aromatic nitrogens is 2. The minimum Gasteiger partial charge on any atom is -0.371 e. The van der Waals surface area contributed by atoms with Crippen molar-refractivity contribution >= 4 is 15.5 Å². The van der Waals surface area contributed by atoms with Crippen LogP contribution in [0.15, 0.2) is 27.6 Å². The van der Waals surface area contributed by atoms with E-state index in [-0.39, 0.29) is 0 Å². The van der Waals surface area contributed by atoms with Crippen LogP contribution in [0.5, 0.6) is 0 Å². The summed E-state index contributed by atoms with van der Waals surface area (Å²) < 4.78 is 28.8. The molecular formula is C17H20N3O3S. The summed E-state index contributed by atoms with van der Waals surface area (Å²) in [4.78, 5) is 7.07. The quantitative estimate of drug-likeness (QED) is 0.847. The highest BCUT2D eigenvalue weighted by Crippen LogP contribution is 2.39. The standard InChI is InChI=1S/C17H20N3O3S/c1-24(21,22)15-4-2-3-14(11-15)20-9-7-13(8-10-20)17-18-16(19-23-17)12-5-6-12/h3-4,11-13H,5-10H2,1H3. The van der Waals surface area contributed by atoms with Crippen molar-refractivity contribution in [1.82, 2.24) is 10.1 Å². The van der Waals surface area contributed by atoms with E-state index in [1.807, 2.05) is 6.07 Å². The summed E-state index contributed by atoms with van der Waals surface area (Å²) in [5.74, 6) is 2.43. The lowest BCUT2D eigenvalue weighted by molar-refractivity contribution is 0.327. The van der Waals surface area contributed by atoms with Gasteiger partial charge in [0.2, 0.25) is 5.89 Å². The van der Waals surface area contributed by atoms with Crippen LogP contribution in [0.2, 0.25) is 0 Å². The van der Waals surface area contributed by atoms with Crippen molar-refractivity contribution in [1.29, 1.82) is 0 Å². The Bertz CT molecular complexity index is 834. The summed E-state index contributed by atoms with van der Waals surface area (Å²) in [5, 5.41) is 4.10. The molecular weight excluding hydrogens is 326 g/mol. The Hall–Kier alpha value is -1.89. The molecule has 0 N–H and O–H groups in total. The number of hydrogen-bond acceptors (Lipinski definition) is 6. The molecule has 2 fully saturated rings. The molecule has 2 aromatic rings. The summed E-state index contributed by atoms with van der Waals surface area (Å²) in [6, 6.07) is 8.02. The Morgan fingerprint density at radius 3 is 2.58 bits per heavy atom. The molecule has 0 atom stereocenters. The Morgan fingerprint density at radius 2 is 1.92 bits per heavy atom. The first kappa shape index (κ1) is 15.6. The van der Waals surface area contributed by atoms with Gasteiger partial charge in [-0.15, -0.1) is 0 Å². The van der Waals surface area contributed by atoms with E-state index < -0.39 is 9.84 Å². The predicted molar refractivity (Wildman–Crippen MR) is 88.8 cm³/mol. The minimum atomic E-state index is -3.21. The van der Waals surface area contributed by atoms with Crippen molar-refractivity contribution in [3.05, 3.63) is 36.0 Å². The second-order valence-electron chi connectivity index (χ2n) is 6.73. The van der Waals surface area contributed by atoms with Crippen LogP contribution < -0.4 is 4.90 Å². The van der Waals surface area contributed by atoms with Crippen molar-refractivity contribution in [2.45, 2.75) is 42.4 Å². The highest BCUT2D eigenvalue weighted by atomic mass is 32.2. The summed E-state index contributed by atoms with van der Waals surface area (Å²) >= 11 is 0. The van der Waals surface area contributed by atoms with Crippen LogP contribution >= 0.6 is 0 Å². The average Bonchev–Trinajstić information content (AvgIpc) is 3.32. The highest BCUT2D eigenvalue weighted by molar-refractivity contribution is 7.90. The SMILES string of the molecule is CS(=O)(=O)c1c[c]cc(N2CCC(c3nc(C4CC4)no3)CC2)c1. The second-order valence-corrected chi connectivity index (χ2v) is 8.74. The molecule has 7 heteroatoms. The first-order chi connectivity index (χ1) is 11.5. The lowest BCUT2D eigenvalue weighted by Crippen LogP contribution is -2.33. The molecule has 2 heterocycles. The van der Waals surface area contributed by atoms with Gasteiger partial charge in [-0.3, -0.25) is 0 Å². The maximum Gasteiger partial charge on any atom is 0.229 e. The largest absolute Gasteiger partial charge is 0.371 e. The van der Waals surface area contributed by atoms with Crippen LogP contribution in [0.3, 0.4) is 0 Å². The highest BCUT2D eigenvalue weighted by Gasteiger charge is 2.31. The van der Waals surface area contributed by atoms with Crippen molar-refractivity contribution in [3.63, 3.8) is 0 Å². The zero-order chi connectivity index (χ0) is 16.7. The predicted octanol–water partition coefficient (Wildman–Crippen LogP) is 2.53. The topological polar surface area (TPSA) is 76.3 Å². The van der Waals surface area contributed by atoms with Gasteiger partial charge in [0.25, 0.3) is 0 Å². The Labute approximate surface area is 141 Å². The van der Waals surface area contributed by atoms with Crippen molar-refractivity contribution < 1.29 is 12.9 Å². The number of piperidine rings is 1. The van der Waals surface area contributed by atoms with Gasteiger partial charge >= 0.3 is 0 Å². The Morgan fingerprint density at radius 1 is 1.17 bits per heavy atom. The molecule has 127 valence electrons. The van der Waals surface area contributed by atoms with Gasteiger partial charge in [-0.25, -0.2) is 8.42 Å². The van der Waals surface area contributed by atoms with E-state index in [1.54, 1.807) is 6.07 Å². The van der Waals surface area contributed by atoms with E-state index in [1.165, 1.54) is 25.2 Å². The molecule has 1 saturated heterocycles. The zero-order valence-electron chi connectivity index (χ0n) is 13.6. The van der Waals surface area contributed by atoms with Crippen molar-refractivity contribution in [2.24, 2.45) is 0 Å². The molecule has 0 unspecified atom stereocenters. The lowest BCUT2D eigenvalue weighted by atomic mass is 9.96. The Balaban J connectivity index is 1.44. The average molecular weight is 346 g/mol. The molecule has 4 rings (SSSR count). The molecule has 0 spiro atoms. The fraction of sp³-hybridized carbons (Fsp3) is 0.529. The molecule has 1 aromatic heterocycles. The number of benzene rings is 1. The Kier molecular flexibility index (Phi) is 3.83. The minimum absolute atomic E-state index is 0.295. The van der Waals surface area contributed by atoms with E-state index in [0.29, 0.717) is 16.7 Å². The number of nitrogens with zero attached hydrogens (tertiary/aromatic N) is 3. The summed E-state index contributed by atoms with van der Waals surface area (Å²) in [7, 11) is -3.21. The number of sulfone groups is 1. The van der Waals surface area contributed by atoms with Crippen molar-refractivity contribution in [3.8, 4) is 0 Å². The van der Waals surface area contributed by atoms with Crippen LogP contribution in [-0.4, -0.2) is 37.9 Å². The third kappa shape index (κ3) is 3.17. The van der Waals surface area contributed by atoms with E-state index >= 15 is 0 Å². The molecule has 0 bridgehead atoms. The molecule has 2 aliphatic rings. The zero-order valence-corrected chi connectivity index (χ0v) is 14.4. The van der Waals surface area contributed by atoms with Crippen LogP contribution in [0.4, 0.5) is 5.69 Å². The second kappa shape index (κ2) is 5.88. The molecule has 1 aliphatic carbocycles. The van der Waals surface area contributed by atoms with E-state index in [0.717, 1.165) is 43.3 Å². The molecule has 24 heavy (non-hydrogen) atoms. The molecule has 1 saturated carbocycles. The van der Waals surface area contributed by atoms with Gasteiger partial charge in [0.05, 0.1) is 4.90 Å². The monoisotopic (exact) mass is 346 g/mol. The van der Waals surface area contributed by atoms with Crippen LogP contribution in [0.1, 0.15) is 49.2 Å². The molecule has 6 nitrogen and oxygen atoms in total. The fourth-order valence-corrected chi connectivity index (χ4v) is 3.76. The summed E-state index contributed by atoms with van der Waals surface area (Å²) in [6.45, 7) is 1.68. The lowest BCUT2D eigenvalue weighted by Gasteiger charge is -2.32. The van der Waals surface area contributed by atoms with Crippen LogP contribution in [-0.2, 0) is 9.84 Å². The van der Waals surface area contributed by atoms with Gasteiger partial charge in [0, 0.05) is 36.9 Å². The first-order valence-electron chi connectivity index (χ1n) is 8.30. The molecule has 1 aliphatic heterocycles. The molecule has 1 radical (unpaired) electrons. The van der Waals surface area contributed by atoms with Gasteiger partial charge in [0.1, 0.15) is 0 Å². The van der Waals surface area contributed by atoms with E-state index in [4.69, 9.17) is 4.52 Å². The maximum atomic E-state index is 11.7. The van der Waals surface area contributed by atoms with Gasteiger partial charge in [-0.1, -0.05) is 5.16 Å². The van der Waals surface area contributed by atoms with Crippen LogP contribution in [0, 0.1) is 6.07 Å². The van der Waals surface area contributed by atoms with Gasteiger partial charge in [-0.2, -0.15) is 4.98 Å². The summed E-state index contributed by atoms with van der Waals surface area (Å²) in [6.07, 6.45) is 5.42. The van der Waals surface area contributed by atoms with E-state index in [2.05, 4.69) is 21.1 Å². The number of anilines is 1. The molecule has 0 amide bonds. The van der Waals surface area contributed by atoms with Crippen LogP contribution in [0.25, 0.3) is 0 Å². The first-order valence-corrected chi connectivity index (χ1v) is 10.2. The third-order valence-electron chi connectivity index (χ3n) is 4.78. The van der Waals surface area contributed by atoms with Crippen molar-refractivity contribution in [2.75, 3.05) is 24.2 Å². The van der Waals surface area contributed by atoms with Gasteiger partial charge < -0.3 is 9.42 Å². The normalized spacial score (nSPS) is 19.6. The van der Waals surface area contributed by atoms with E-state index in [9.17, 15) is 8.42 Å². The smallest absolute Gasteiger partial charge is 0.229 e. The molecule has 1 aromatic carbocycles. The number of rotatable bonds is 4. The van der Waals surface area contributed by atoms with Gasteiger partial charge in [0.15, 0.2) is 15.7 Å². The third-order valence-corrected chi connectivity index (χ3v) is 5.88. The fourth-order valence-electron chi connectivity index (χ4n) is 3.14. The summed E-state index contributed by atoms with van der Waals surface area (Å²) in [5.41, 5.74) is 0.903.